The maximum atomic E-state index is 15.6. The van der Waals surface area contributed by atoms with Crippen molar-refractivity contribution in [2.45, 2.75) is 218 Å². The Labute approximate surface area is 732 Å². The van der Waals surface area contributed by atoms with E-state index >= 15 is 9.59 Å². The van der Waals surface area contributed by atoms with E-state index in [1.54, 1.807) is 112 Å². The number of amides is 7. The molecule has 8 aliphatic heterocycles. The number of nitrogens with one attached hydrogen (secondary N) is 6. The van der Waals surface area contributed by atoms with Crippen molar-refractivity contribution < 1.29 is 138 Å². The van der Waals surface area contributed by atoms with Crippen LogP contribution in [-0.4, -0.2) is 279 Å². The molecule has 8 aliphatic rings. The number of nitrogens with two attached hydrogens (primary N) is 1. The average molecular weight is 1770 g/mol. The topological polar surface area (TPSA) is 555 Å². The zero-order valence-corrected chi connectivity index (χ0v) is 75.9. The van der Waals surface area contributed by atoms with E-state index in [2.05, 4.69) is 41.4 Å². The highest BCUT2D eigenvalue weighted by Crippen LogP contribution is 2.47. The third-order valence-electron chi connectivity index (χ3n) is 20.9. The molecule has 0 aromatic heterocycles. The monoisotopic (exact) mass is 1770 g/mol. The van der Waals surface area contributed by atoms with Crippen LogP contribution in [0.4, 0.5) is 0 Å². The molecule has 13 rings (SSSR count). The van der Waals surface area contributed by atoms with Crippen molar-refractivity contribution in [1.29, 1.82) is 0 Å². The van der Waals surface area contributed by atoms with E-state index in [0.717, 1.165) is 67.3 Å². The smallest absolute Gasteiger partial charge is 0.248 e. The highest BCUT2D eigenvalue weighted by molar-refractivity contribution is 6.01. The first kappa shape index (κ1) is 111. The molecule has 0 radical (unpaired) electrons. The Kier molecular flexibility index (Phi) is 50.4. The predicted molar refractivity (Wildman–Crippen MR) is 465 cm³/mol. The Morgan fingerprint density at radius 2 is 1.09 bits per heavy atom. The van der Waals surface area contributed by atoms with Crippen LogP contribution in [0.3, 0.4) is 0 Å². The van der Waals surface area contributed by atoms with E-state index < -0.39 is 144 Å². The fourth-order valence-electron chi connectivity index (χ4n) is 14.1. The molecular formula is C89H138N8O28. The number of nitrogens with zero attached hydrogens (tertiary/aromatic N) is 1. The highest BCUT2D eigenvalue weighted by atomic mass is 16.7. The first-order valence-corrected chi connectivity index (χ1v) is 41.1. The van der Waals surface area contributed by atoms with Gasteiger partial charge in [-0.2, -0.15) is 0 Å². The van der Waals surface area contributed by atoms with Crippen LogP contribution in [0.15, 0.2) is 72.8 Å². The number of aromatic hydroxyl groups is 3. The molecule has 7 amide bonds. The van der Waals surface area contributed by atoms with Gasteiger partial charge >= 0.3 is 0 Å². The third-order valence-corrected chi connectivity index (χ3v) is 20.9. The zero-order chi connectivity index (χ0) is 95.0. The quantitative estimate of drug-likeness (QED) is 0.0803. The lowest BCUT2D eigenvalue weighted by molar-refractivity contribution is -0.269. The van der Waals surface area contributed by atoms with Gasteiger partial charge in [-0.15, -0.1) is 0 Å². The van der Waals surface area contributed by atoms with Crippen LogP contribution in [-0.2, 0) is 66.8 Å². The highest BCUT2D eigenvalue weighted by Gasteiger charge is 2.44. The maximum Gasteiger partial charge on any atom is 0.248 e. The number of phenolic OH excluding ortho intramolecular Hbond substituents is 3. The number of fused-ring (bicyclic) bond motifs is 15. The first-order valence-electron chi connectivity index (χ1n) is 41.1. The van der Waals surface area contributed by atoms with Crippen LogP contribution in [0.2, 0.25) is 0 Å². The summed E-state index contributed by atoms with van der Waals surface area (Å²) in [5.41, 5.74) is 7.13. The summed E-state index contributed by atoms with van der Waals surface area (Å²) in [7, 11) is 15.4. The number of rotatable bonds is 12. The number of Topliss-reactive ketones (excluding diaryl/α,β-unsaturated/α-hetero) is 1. The van der Waals surface area contributed by atoms with Crippen molar-refractivity contribution in [1.82, 2.24) is 36.8 Å². The van der Waals surface area contributed by atoms with Gasteiger partial charge in [-0.1, -0.05) is 58.9 Å². The average Bonchev–Trinajstić information content (AvgIpc) is 0.748. The molecule has 20 N–H and O–H groups in total. The summed E-state index contributed by atoms with van der Waals surface area (Å²) >= 11 is 0. The second kappa shape index (κ2) is 56.5. The Morgan fingerprint density at radius 1 is 0.592 bits per heavy atom. The number of carbonyl (C=O) groups excluding carboxylic acids is 8. The van der Waals surface area contributed by atoms with Crippen LogP contribution in [0, 0.1) is 39.5 Å². The number of primary amides is 1. The largest absolute Gasteiger partial charge is 0.508 e. The number of aliphatic hydroxyl groups is 9. The van der Waals surface area contributed by atoms with Gasteiger partial charge in [-0.25, -0.2) is 0 Å². The number of hydrogen-bond acceptors (Lipinski definition) is 29. The number of hydrogen-bond donors (Lipinski definition) is 19. The molecule has 16 atom stereocenters. The van der Waals surface area contributed by atoms with Gasteiger partial charge in [0.1, 0.15) is 88.7 Å². The van der Waals surface area contributed by atoms with E-state index in [1.807, 2.05) is 20.8 Å². The molecule has 3 fully saturated rings. The summed E-state index contributed by atoms with van der Waals surface area (Å²) < 4.78 is 42.6. The summed E-state index contributed by atoms with van der Waals surface area (Å²) in [5, 5.41) is 127. The number of aryl methyl sites for hydroxylation is 2. The second-order valence-corrected chi connectivity index (χ2v) is 30.7. The van der Waals surface area contributed by atoms with Crippen LogP contribution in [0.5, 0.6) is 40.2 Å². The van der Waals surface area contributed by atoms with E-state index in [4.69, 9.17) is 64.8 Å². The maximum absolute atomic E-state index is 15.6. The zero-order valence-electron chi connectivity index (χ0n) is 75.9. The molecule has 8 heterocycles. The Bertz CT molecular complexity index is 4160. The Hall–Kier alpha value is -9.58. The van der Waals surface area contributed by atoms with Crippen molar-refractivity contribution in [3.05, 3.63) is 123 Å². The second-order valence-electron chi connectivity index (χ2n) is 30.7. The van der Waals surface area contributed by atoms with Crippen LogP contribution in [0.25, 0.3) is 11.1 Å². The minimum atomic E-state index is -1.91. The standard InChI is InChI=1S/C60H68N8O14.C9H18O4.2C6H12O2.2C2H6O.4CH4O/c1-25(2)17-39(68(9)10)56(76)67-52-54(74)34-13-16-43(27(4)19-34)82-45-22-35-21-44(30(45)7)81-42-15-12-32(18-26(42)3)28(5)48-57(77)64-49(31(8)69)37-23-41(71)29(6)53(73)47(37)36-20-33(11-14-40(36)70)50(58(78)63-48)66-59(79)51(35)65-55(75)38(24-46(61)72)62-60(52)80;1-4-6-8(11)7(10)5(2)9(12-3)13-6;2*7-5-6-3-1-2-4-8-6;2*1-3-2;4*1-2/h11-16,18-23,25,28,38-39,48-52,54,70-71,73-74H,17,24H2,1-10H3,(H2,61,72)(H,62,80)(H,63,78)(H,64,77)(H,65,75)(H,66,79)(H,67,76);5-11H,4H2,1-3H3;2*6-7H,1-5H2;2*1-2H3;4*2H,1H3. The molecule has 11 bridgehead atoms. The summed E-state index contributed by atoms with van der Waals surface area (Å²) in [6.45, 7) is 18.9. The minimum Gasteiger partial charge on any atom is -0.508 e. The molecule has 5 aromatic rings. The summed E-state index contributed by atoms with van der Waals surface area (Å²) in [5.74, 6) is -9.50. The number of phenols is 3. The molecule has 36 nitrogen and oxygen atoms in total. The number of methoxy groups -OCH3 is 3. The van der Waals surface area contributed by atoms with Crippen LogP contribution in [0.1, 0.15) is 180 Å². The fourth-order valence-corrected chi connectivity index (χ4v) is 14.1. The number of ether oxygens (including phenoxy) is 8. The van der Waals surface area contributed by atoms with Crippen LogP contribution < -0.4 is 47.1 Å². The molecule has 3 saturated heterocycles. The van der Waals surface area contributed by atoms with E-state index in [0.29, 0.717) is 40.8 Å². The van der Waals surface area contributed by atoms with Crippen LogP contribution >= 0.6 is 0 Å². The number of carbonyl (C=O) groups is 8. The summed E-state index contributed by atoms with van der Waals surface area (Å²) in [4.78, 5) is 118. The number of likely N-dealkylation sites (N-methyl/N-ethyl adjacent to an activating group) is 1. The summed E-state index contributed by atoms with van der Waals surface area (Å²) in [6.07, 6.45) is 3.22. The molecule has 16 unspecified atom stereocenters. The molecule has 0 aliphatic carbocycles. The van der Waals surface area contributed by atoms with Crippen molar-refractivity contribution in [2.24, 2.45) is 17.6 Å². The van der Waals surface area contributed by atoms with Crippen molar-refractivity contribution >= 4 is 47.1 Å². The van der Waals surface area contributed by atoms with Crippen molar-refractivity contribution in [3.8, 4) is 51.4 Å². The fraction of sp³-hybridized carbons (Fsp3) is 0.573. The minimum absolute atomic E-state index is 0.0276. The molecule has 0 spiro atoms. The lowest BCUT2D eigenvalue weighted by Gasteiger charge is -2.40. The molecule has 5 aromatic carbocycles. The summed E-state index contributed by atoms with van der Waals surface area (Å²) in [6, 6.07) is 6.16. The van der Waals surface area contributed by atoms with Gasteiger partial charge < -0.3 is 137 Å². The van der Waals surface area contributed by atoms with Crippen molar-refractivity contribution in [2.75, 3.05) is 105 Å². The van der Waals surface area contributed by atoms with Gasteiger partial charge in [0.25, 0.3) is 0 Å². The van der Waals surface area contributed by atoms with E-state index in [-0.39, 0.29) is 99.6 Å². The third kappa shape index (κ3) is 31.7. The first-order chi connectivity index (χ1) is 59.4. The molecule has 702 valence electrons. The number of ketones is 1. The molecule has 0 saturated carbocycles. The number of benzene rings is 5. The lowest BCUT2D eigenvalue weighted by Crippen LogP contribution is -2.59. The Morgan fingerprint density at radius 3 is 1.54 bits per heavy atom. The normalized spacial score (nSPS) is 23.8. The van der Waals surface area contributed by atoms with Gasteiger partial charge in [-0.05, 0) is 193 Å². The van der Waals surface area contributed by atoms with Gasteiger partial charge in [0.2, 0.25) is 41.4 Å². The molecule has 125 heavy (non-hydrogen) atoms. The lowest BCUT2D eigenvalue weighted by atomic mass is 9.86. The van der Waals surface area contributed by atoms with Gasteiger partial charge in [-0.3, -0.25) is 43.3 Å². The molecule has 36 heteroatoms. The van der Waals surface area contributed by atoms with Gasteiger partial charge in [0, 0.05) is 111 Å². The van der Waals surface area contributed by atoms with Gasteiger partial charge in [0.15, 0.2) is 12.1 Å². The van der Waals surface area contributed by atoms with E-state index in [9.17, 15) is 59.4 Å². The van der Waals surface area contributed by atoms with E-state index in [1.165, 1.54) is 76.3 Å². The van der Waals surface area contributed by atoms with Crippen molar-refractivity contribution in [3.63, 3.8) is 0 Å². The van der Waals surface area contributed by atoms with Gasteiger partial charge in [0.05, 0.1) is 50.1 Å². The molecular weight excluding hydrogens is 1630 g/mol. The predicted octanol–water partition coefficient (Wildman–Crippen LogP) is 4.71. The SMILES string of the molecule is CC(=O)C1NC(=O)C2NC(=O)C(NC(=O)C3NC(=O)C(CC(N)=O)NC(=O)C(NC(=O)C(CC(C)C)N(C)C)C(O)c4ccc(c(C)c4)Oc4cc3cc(c4C)Oc3ccc(cc3C)C2C)c2ccc(O)c(c2)-c2c1cc(O)c(C)c2O.CCC1OC(OC)C(C)C(O)C1O.CO.CO.CO.CO.COC.COC.OCC1CCCCO1.OCC1CCCCO1. The Balaban J connectivity index is 0.00000100. The number of aliphatic hydroxyl groups excluding tert-OH is 9.